The Morgan fingerprint density at radius 2 is 1.96 bits per heavy atom. The highest BCUT2D eigenvalue weighted by atomic mass is 19.4. The molecule has 0 aliphatic carbocycles. The monoisotopic (exact) mass is 368 g/mol. The molecule has 138 valence electrons. The Hall–Kier alpha value is -2.68. The van der Waals surface area contributed by atoms with Crippen molar-refractivity contribution in [3.8, 4) is 11.3 Å². The zero-order valence-corrected chi connectivity index (χ0v) is 13.9. The topological polar surface area (TPSA) is 76.4 Å². The van der Waals surface area contributed by atoms with Crippen LogP contribution >= 0.6 is 0 Å². The lowest BCUT2D eigenvalue weighted by Crippen LogP contribution is -2.12. The average Bonchev–Trinajstić information content (AvgIpc) is 2.98. The highest BCUT2D eigenvalue weighted by Gasteiger charge is 2.34. The van der Waals surface area contributed by atoms with E-state index >= 15 is 0 Å². The van der Waals surface area contributed by atoms with Gasteiger partial charge in [0.05, 0.1) is 18.0 Å². The molecule has 3 rings (SSSR count). The van der Waals surface area contributed by atoms with Gasteiger partial charge in [-0.05, 0) is 31.0 Å². The van der Waals surface area contributed by atoms with Crippen LogP contribution in [0, 0.1) is 6.92 Å². The van der Waals surface area contributed by atoms with Gasteiger partial charge in [0.2, 0.25) is 0 Å². The minimum atomic E-state index is -4.67. The van der Waals surface area contributed by atoms with Crippen LogP contribution in [0.25, 0.3) is 16.9 Å². The summed E-state index contributed by atoms with van der Waals surface area (Å²) >= 11 is 0. The van der Waals surface area contributed by atoms with Gasteiger partial charge in [-0.2, -0.15) is 13.2 Å². The molecule has 0 aliphatic rings. The Bertz CT molecular complexity index is 965. The van der Waals surface area contributed by atoms with E-state index in [2.05, 4.69) is 9.97 Å². The zero-order chi connectivity index (χ0) is 19.2. The van der Waals surface area contributed by atoms with Gasteiger partial charge in [-0.25, -0.2) is 14.4 Å². The number of hydrogen-bond acceptors (Lipinski definition) is 4. The van der Waals surface area contributed by atoms with Gasteiger partial charge in [-0.3, -0.25) is 4.40 Å². The third-order valence-electron chi connectivity index (χ3n) is 4.09. The van der Waals surface area contributed by atoms with E-state index in [0.29, 0.717) is 16.8 Å². The van der Waals surface area contributed by atoms with Gasteiger partial charge in [0.15, 0.2) is 23.3 Å². The van der Waals surface area contributed by atoms with Crippen molar-refractivity contribution in [1.82, 2.24) is 14.4 Å². The summed E-state index contributed by atoms with van der Waals surface area (Å²) in [6, 6.07) is 4.64. The first-order chi connectivity index (χ1) is 12.1. The van der Waals surface area contributed by atoms with Crippen molar-refractivity contribution in [2.45, 2.75) is 32.3 Å². The first kappa shape index (κ1) is 18.1. The minimum Gasteiger partial charge on any atom is -0.390 e. The van der Waals surface area contributed by atoms with Gasteiger partial charge in [-0.1, -0.05) is 12.1 Å². The van der Waals surface area contributed by atoms with Crippen LogP contribution in [0.4, 0.5) is 23.4 Å². The van der Waals surface area contributed by atoms with E-state index in [1.165, 1.54) is 29.7 Å². The summed E-state index contributed by atoms with van der Waals surface area (Å²) < 4.78 is 54.5. The van der Waals surface area contributed by atoms with Crippen molar-refractivity contribution in [3.05, 3.63) is 47.4 Å². The van der Waals surface area contributed by atoms with E-state index in [4.69, 9.17) is 5.73 Å². The van der Waals surface area contributed by atoms with Crippen molar-refractivity contribution >= 4 is 11.5 Å². The highest BCUT2D eigenvalue weighted by molar-refractivity contribution is 5.72. The van der Waals surface area contributed by atoms with E-state index in [-0.39, 0.29) is 17.0 Å². The van der Waals surface area contributed by atoms with Gasteiger partial charge in [-0.15, -0.1) is 0 Å². The number of aliphatic hydroxyl groups excluding tert-OH is 1. The van der Waals surface area contributed by atoms with E-state index in [1.807, 2.05) is 0 Å². The molecule has 0 saturated carbocycles. The van der Waals surface area contributed by atoms with Gasteiger partial charge >= 0.3 is 6.18 Å². The predicted octanol–water partition coefficient (Wildman–Crippen LogP) is 3.70. The van der Waals surface area contributed by atoms with Crippen LogP contribution in [-0.2, 0) is 6.18 Å². The quantitative estimate of drug-likeness (QED) is 0.691. The average molecular weight is 368 g/mol. The van der Waals surface area contributed by atoms with Crippen LogP contribution in [0.2, 0.25) is 0 Å². The van der Waals surface area contributed by atoms with E-state index in [9.17, 15) is 22.7 Å². The van der Waals surface area contributed by atoms with Crippen molar-refractivity contribution in [3.63, 3.8) is 0 Å². The fraction of sp³-hybridized carbons (Fsp3) is 0.294. The summed E-state index contributed by atoms with van der Waals surface area (Å²) in [5.41, 5.74) is 6.26. The molecule has 9 heteroatoms. The summed E-state index contributed by atoms with van der Waals surface area (Å²) in [6.45, 7) is 3.06. The molecule has 2 atom stereocenters. The number of alkyl halides is 4. The molecule has 2 heterocycles. The maximum atomic E-state index is 14.2. The first-order valence-corrected chi connectivity index (χ1v) is 7.73. The molecular formula is C17H16F4N4O. The number of aromatic nitrogens is 3. The number of nitrogens with two attached hydrogens (primary N) is 1. The Kier molecular flexibility index (Phi) is 4.35. The molecule has 2 aromatic heterocycles. The molecule has 0 amide bonds. The second-order valence-corrected chi connectivity index (χ2v) is 6.06. The molecule has 3 aromatic rings. The van der Waals surface area contributed by atoms with Crippen LogP contribution < -0.4 is 5.73 Å². The molecule has 1 aromatic carbocycles. The maximum absolute atomic E-state index is 14.2. The van der Waals surface area contributed by atoms with Gasteiger partial charge in [0.1, 0.15) is 0 Å². The lowest BCUT2D eigenvalue weighted by atomic mass is 9.98. The Morgan fingerprint density at radius 1 is 1.27 bits per heavy atom. The molecule has 5 nitrogen and oxygen atoms in total. The number of anilines is 1. The Balaban J connectivity index is 2.23. The molecule has 0 fully saturated rings. The van der Waals surface area contributed by atoms with Gasteiger partial charge in [0, 0.05) is 11.8 Å². The van der Waals surface area contributed by atoms with E-state index in [1.54, 1.807) is 13.0 Å². The molecule has 0 saturated heterocycles. The van der Waals surface area contributed by atoms with Crippen molar-refractivity contribution in [2.75, 3.05) is 5.73 Å². The molecule has 0 radical (unpaired) electrons. The third kappa shape index (κ3) is 3.10. The van der Waals surface area contributed by atoms with Gasteiger partial charge < -0.3 is 10.8 Å². The Labute approximate surface area is 146 Å². The fourth-order valence-corrected chi connectivity index (χ4v) is 2.71. The normalized spacial score (nSPS) is 14.6. The number of aliphatic hydroxyl groups is 1. The number of rotatable bonds is 3. The number of fused-ring (bicyclic) bond motifs is 1. The summed E-state index contributed by atoms with van der Waals surface area (Å²) in [4.78, 5) is 7.38. The number of nitrogen functional groups attached to an aromatic ring is 1. The van der Waals surface area contributed by atoms with Crippen molar-refractivity contribution < 1.29 is 22.7 Å². The van der Waals surface area contributed by atoms with Crippen LogP contribution in [-0.4, -0.2) is 25.6 Å². The SMILES string of the molecule is Cc1ccc(C(F)C(C)O)cc1-c1cnc2c(N)nc(C(F)(F)F)cn12. The smallest absolute Gasteiger partial charge is 0.390 e. The fourth-order valence-electron chi connectivity index (χ4n) is 2.71. The van der Waals surface area contributed by atoms with Crippen LogP contribution in [0.3, 0.4) is 0 Å². The summed E-state index contributed by atoms with van der Waals surface area (Å²) in [7, 11) is 0. The lowest BCUT2D eigenvalue weighted by Gasteiger charge is -2.15. The molecule has 0 aliphatic heterocycles. The highest BCUT2D eigenvalue weighted by Crippen LogP contribution is 2.33. The number of aryl methyl sites for hydroxylation is 1. The second kappa shape index (κ2) is 6.24. The van der Waals surface area contributed by atoms with Crippen molar-refractivity contribution in [1.29, 1.82) is 0 Å². The predicted molar refractivity (Wildman–Crippen MR) is 88.1 cm³/mol. The minimum absolute atomic E-state index is 0.0742. The number of imidazole rings is 1. The van der Waals surface area contributed by atoms with Crippen molar-refractivity contribution in [2.24, 2.45) is 0 Å². The summed E-state index contributed by atoms with van der Waals surface area (Å²) in [5.74, 6) is -0.354. The lowest BCUT2D eigenvalue weighted by molar-refractivity contribution is -0.141. The van der Waals surface area contributed by atoms with Gasteiger partial charge in [0.25, 0.3) is 0 Å². The Morgan fingerprint density at radius 3 is 2.58 bits per heavy atom. The number of nitrogens with zero attached hydrogens (tertiary/aromatic N) is 3. The van der Waals surface area contributed by atoms with Crippen LogP contribution in [0.5, 0.6) is 0 Å². The second-order valence-electron chi connectivity index (χ2n) is 6.06. The molecule has 0 bridgehead atoms. The number of halogens is 4. The molecule has 2 unspecified atom stereocenters. The number of hydrogen-bond donors (Lipinski definition) is 2. The van der Waals surface area contributed by atoms with E-state index < -0.39 is 24.1 Å². The summed E-state index contributed by atoms with van der Waals surface area (Å²) in [5, 5.41) is 9.46. The van der Waals surface area contributed by atoms with Crippen LogP contribution in [0.15, 0.2) is 30.6 Å². The summed E-state index contributed by atoms with van der Waals surface area (Å²) in [6.07, 6.45) is -5.34. The third-order valence-corrected chi connectivity index (χ3v) is 4.09. The van der Waals surface area contributed by atoms with E-state index in [0.717, 1.165) is 6.20 Å². The largest absolute Gasteiger partial charge is 0.434 e. The standard InChI is InChI=1S/C17H16F4N4O/c1-8-3-4-10(14(18)9(2)26)5-11(8)12-6-23-16-15(22)24-13(7-25(12)16)17(19,20)21/h3-7,9,14,26H,1-2H3,(H2,22,24). The molecule has 3 N–H and O–H groups in total. The first-order valence-electron chi connectivity index (χ1n) is 7.73. The molecule has 0 spiro atoms. The van der Waals surface area contributed by atoms with Crippen LogP contribution in [0.1, 0.15) is 29.9 Å². The zero-order valence-electron chi connectivity index (χ0n) is 13.9. The molecule has 26 heavy (non-hydrogen) atoms. The maximum Gasteiger partial charge on any atom is 0.434 e. The molecular weight excluding hydrogens is 352 g/mol. The number of benzene rings is 1.